The molecule has 2 aliphatic carbocycles. The quantitative estimate of drug-likeness (QED) is 0.541. The lowest BCUT2D eigenvalue weighted by Gasteiger charge is -2.37. The van der Waals surface area contributed by atoms with Crippen molar-refractivity contribution in [2.24, 2.45) is 5.92 Å². The first kappa shape index (κ1) is 18.3. The number of hydrogen-bond acceptors (Lipinski definition) is 3. The molecule has 0 radical (unpaired) electrons. The van der Waals surface area contributed by atoms with E-state index in [0.717, 1.165) is 41.4 Å². The highest BCUT2D eigenvalue weighted by molar-refractivity contribution is 5.60. The van der Waals surface area contributed by atoms with Crippen LogP contribution in [0.25, 0.3) is 0 Å². The van der Waals surface area contributed by atoms with Crippen molar-refractivity contribution in [1.82, 2.24) is 0 Å². The van der Waals surface area contributed by atoms with E-state index in [4.69, 9.17) is 9.47 Å². The first-order chi connectivity index (χ1) is 12.0. The van der Waals surface area contributed by atoms with Crippen LogP contribution in [0.1, 0.15) is 36.8 Å². The molecule has 1 aromatic carbocycles. The highest BCUT2D eigenvalue weighted by Crippen LogP contribution is 2.56. The van der Waals surface area contributed by atoms with Gasteiger partial charge in [0, 0.05) is 29.9 Å². The Morgan fingerprint density at radius 1 is 1.35 bits per heavy atom. The van der Waals surface area contributed by atoms with Gasteiger partial charge in [-0.05, 0) is 25.0 Å². The molecule has 5 heteroatoms. The fraction of sp³-hybridized carbons (Fsp3) is 0.619. The Kier molecular flexibility index (Phi) is 4.41. The number of ether oxygens (including phenoxy) is 2. The van der Waals surface area contributed by atoms with Crippen LogP contribution in [0.15, 0.2) is 24.3 Å². The van der Waals surface area contributed by atoms with Crippen molar-refractivity contribution in [2.75, 3.05) is 27.2 Å². The highest BCUT2D eigenvalue weighted by atomic mass is 79.9. The van der Waals surface area contributed by atoms with Crippen LogP contribution in [0.2, 0.25) is 0 Å². The van der Waals surface area contributed by atoms with Gasteiger partial charge in [-0.25, -0.2) is 0 Å². The minimum atomic E-state index is -0.407. The van der Waals surface area contributed by atoms with E-state index < -0.39 is 6.10 Å². The molecule has 4 nitrogen and oxygen atoms in total. The first-order valence-electron chi connectivity index (χ1n) is 9.61. The van der Waals surface area contributed by atoms with Crippen LogP contribution >= 0.6 is 0 Å². The Morgan fingerprint density at radius 3 is 2.88 bits per heavy atom. The largest absolute Gasteiger partial charge is 1.00 e. The molecule has 1 saturated carbocycles. The SMILES string of the molecule is COc1ccc2c3c1OC1CC(O)C=CC31CC[N+](C)(CC1CC1)C2.[Br-]. The number of quaternary nitrogens is 1. The number of rotatable bonds is 3. The van der Waals surface area contributed by atoms with Gasteiger partial charge < -0.3 is 36.0 Å². The predicted molar refractivity (Wildman–Crippen MR) is 95.8 cm³/mol. The summed E-state index contributed by atoms with van der Waals surface area (Å²) in [4.78, 5) is 0. The van der Waals surface area contributed by atoms with E-state index in [9.17, 15) is 5.11 Å². The second-order valence-electron chi connectivity index (χ2n) is 8.82. The molecule has 4 unspecified atom stereocenters. The van der Waals surface area contributed by atoms with E-state index in [1.54, 1.807) is 7.11 Å². The second-order valence-corrected chi connectivity index (χ2v) is 8.82. The Labute approximate surface area is 166 Å². The Bertz CT molecular complexity index is 747. The van der Waals surface area contributed by atoms with Crippen LogP contribution < -0.4 is 26.5 Å². The smallest absolute Gasteiger partial charge is 0.166 e. The van der Waals surface area contributed by atoms with E-state index in [2.05, 4.69) is 25.3 Å². The Balaban J connectivity index is 0.00000168. The van der Waals surface area contributed by atoms with Gasteiger partial charge in [0.15, 0.2) is 11.5 Å². The molecule has 2 aliphatic heterocycles. The predicted octanol–water partition coefficient (Wildman–Crippen LogP) is -0.221. The molecule has 2 heterocycles. The van der Waals surface area contributed by atoms with Gasteiger partial charge in [0.2, 0.25) is 0 Å². The lowest BCUT2D eigenvalue weighted by molar-refractivity contribution is -0.924. The first-order valence-corrected chi connectivity index (χ1v) is 9.61. The average molecular weight is 422 g/mol. The normalized spacial score (nSPS) is 37.0. The highest BCUT2D eigenvalue weighted by Gasteiger charge is 2.55. The summed E-state index contributed by atoms with van der Waals surface area (Å²) >= 11 is 0. The van der Waals surface area contributed by atoms with Gasteiger partial charge in [0.05, 0.1) is 38.8 Å². The van der Waals surface area contributed by atoms with Gasteiger partial charge in [-0.15, -0.1) is 0 Å². The molecule has 5 rings (SSSR count). The lowest BCUT2D eigenvalue weighted by Crippen LogP contribution is -3.00. The van der Waals surface area contributed by atoms with Gasteiger partial charge in [0.25, 0.3) is 0 Å². The molecule has 0 bridgehead atoms. The molecular weight excluding hydrogens is 394 g/mol. The zero-order valence-corrected chi connectivity index (χ0v) is 17.2. The van der Waals surface area contributed by atoms with Gasteiger partial charge in [-0.1, -0.05) is 12.2 Å². The van der Waals surface area contributed by atoms with Gasteiger partial charge in [-0.2, -0.15) is 0 Å². The van der Waals surface area contributed by atoms with Crippen molar-refractivity contribution in [3.63, 3.8) is 0 Å². The number of hydrogen-bond donors (Lipinski definition) is 1. The van der Waals surface area contributed by atoms with Crippen LogP contribution in [0.3, 0.4) is 0 Å². The number of methoxy groups -OCH3 is 1. The molecule has 1 spiro atoms. The number of nitrogens with zero attached hydrogens (tertiary/aromatic N) is 1. The second kappa shape index (κ2) is 6.25. The maximum atomic E-state index is 10.2. The van der Waals surface area contributed by atoms with Gasteiger partial charge in [0.1, 0.15) is 12.6 Å². The summed E-state index contributed by atoms with van der Waals surface area (Å²) < 4.78 is 13.1. The van der Waals surface area contributed by atoms with Crippen molar-refractivity contribution in [3.8, 4) is 11.5 Å². The minimum Gasteiger partial charge on any atom is -1.00 e. The van der Waals surface area contributed by atoms with Crippen molar-refractivity contribution in [2.45, 2.75) is 49.9 Å². The number of halogens is 1. The molecule has 26 heavy (non-hydrogen) atoms. The number of benzene rings is 1. The number of aliphatic hydroxyl groups is 1. The molecule has 1 N–H and O–H groups in total. The molecular formula is C21H28BrNO3. The van der Waals surface area contributed by atoms with Crippen molar-refractivity contribution < 1.29 is 36.0 Å². The molecule has 142 valence electrons. The van der Waals surface area contributed by atoms with Crippen molar-refractivity contribution in [1.29, 1.82) is 0 Å². The van der Waals surface area contributed by atoms with E-state index in [1.165, 1.54) is 30.5 Å². The van der Waals surface area contributed by atoms with Gasteiger partial charge in [-0.3, -0.25) is 0 Å². The molecule has 0 aromatic heterocycles. The monoisotopic (exact) mass is 421 g/mol. The molecule has 4 aliphatic rings. The standard InChI is InChI=1S/C21H28NO3.BrH/c1-22(12-14-3-4-14)10-9-21-8-7-16(23)11-18(21)25-20-17(24-2)6-5-15(13-22)19(20)21;/h5-8,14,16,18,23H,3-4,9-13H2,1-2H3;1H/q+1;/p-1. The Hall–Kier alpha value is -1.04. The Morgan fingerprint density at radius 2 is 2.15 bits per heavy atom. The fourth-order valence-electron chi connectivity index (χ4n) is 5.36. The lowest BCUT2D eigenvalue weighted by atomic mass is 9.69. The molecule has 1 aromatic rings. The van der Waals surface area contributed by atoms with Crippen LogP contribution in [0, 0.1) is 5.92 Å². The third-order valence-corrected chi connectivity index (χ3v) is 6.81. The summed E-state index contributed by atoms with van der Waals surface area (Å²) in [5, 5.41) is 10.2. The fourth-order valence-corrected chi connectivity index (χ4v) is 5.36. The van der Waals surface area contributed by atoms with Crippen LogP contribution in [0.5, 0.6) is 11.5 Å². The van der Waals surface area contributed by atoms with E-state index in [-0.39, 0.29) is 28.5 Å². The van der Waals surface area contributed by atoms with Crippen molar-refractivity contribution >= 4 is 0 Å². The summed E-state index contributed by atoms with van der Waals surface area (Å²) in [6, 6.07) is 4.31. The number of aliphatic hydroxyl groups excluding tert-OH is 1. The maximum Gasteiger partial charge on any atom is 0.166 e. The molecule has 0 saturated heterocycles. The summed E-state index contributed by atoms with van der Waals surface area (Å²) in [5.74, 6) is 2.66. The van der Waals surface area contributed by atoms with Crippen molar-refractivity contribution in [3.05, 3.63) is 35.4 Å². The van der Waals surface area contributed by atoms with E-state index >= 15 is 0 Å². The van der Waals surface area contributed by atoms with E-state index in [0.29, 0.717) is 6.42 Å². The summed E-state index contributed by atoms with van der Waals surface area (Å²) in [7, 11) is 4.13. The summed E-state index contributed by atoms with van der Waals surface area (Å²) in [6.07, 6.45) is 8.38. The molecule has 1 fully saturated rings. The molecule has 0 amide bonds. The maximum absolute atomic E-state index is 10.2. The minimum absolute atomic E-state index is 0. The summed E-state index contributed by atoms with van der Waals surface area (Å²) in [5.41, 5.74) is 2.63. The van der Waals surface area contributed by atoms with E-state index in [1.807, 2.05) is 6.08 Å². The topological polar surface area (TPSA) is 38.7 Å². The van der Waals surface area contributed by atoms with Crippen LogP contribution in [-0.4, -0.2) is 49.0 Å². The third kappa shape index (κ3) is 2.71. The zero-order chi connectivity index (χ0) is 17.2. The van der Waals surface area contributed by atoms with Gasteiger partial charge >= 0.3 is 0 Å². The van der Waals surface area contributed by atoms with Crippen LogP contribution in [0.4, 0.5) is 0 Å². The summed E-state index contributed by atoms with van der Waals surface area (Å²) in [6.45, 7) is 3.51. The third-order valence-electron chi connectivity index (χ3n) is 6.81. The van der Waals surface area contributed by atoms with Crippen LogP contribution in [-0.2, 0) is 12.0 Å². The zero-order valence-electron chi connectivity index (χ0n) is 15.6. The average Bonchev–Trinajstić information content (AvgIpc) is 3.33. The molecule has 4 atom stereocenters.